The maximum atomic E-state index is 11.3. The lowest BCUT2D eigenvalue weighted by Gasteiger charge is -2.79. The maximum absolute atomic E-state index is 11.3. The Hall–Kier alpha value is -2.12. The molecule has 20 heavy (non-hydrogen) atoms. The van der Waals surface area contributed by atoms with Gasteiger partial charge in [0, 0.05) is 45.5 Å². The number of carbonyl (C=O) groups excluding carboxylic acids is 4. The first kappa shape index (κ1) is 15.9. The fourth-order valence-corrected chi connectivity index (χ4v) is 3.57. The van der Waals surface area contributed by atoms with Crippen molar-refractivity contribution < 1.29 is 39.6 Å². The average molecular weight is 284 g/mol. The second-order valence-corrected chi connectivity index (χ2v) is 5.65. The molecule has 0 aromatic heterocycles. The van der Waals surface area contributed by atoms with Gasteiger partial charge in [0.15, 0.2) is 0 Å². The Morgan fingerprint density at radius 3 is 0.650 bits per heavy atom. The Kier molecular flexibility index (Phi) is 2.95. The molecule has 0 heterocycles. The fraction of sp³-hybridized carbons (Fsp3) is 0.667. The summed E-state index contributed by atoms with van der Waals surface area (Å²) in [5.74, 6) is -8.08. The van der Waals surface area contributed by atoms with Crippen molar-refractivity contribution in [3.05, 3.63) is 0 Å². The first-order valence-corrected chi connectivity index (χ1v) is 5.63. The molecule has 112 valence electrons. The number of aliphatic carboxylic acids is 4. The molecule has 0 spiro atoms. The Balaban J connectivity index is 3.86. The third kappa shape index (κ3) is 1.05. The van der Waals surface area contributed by atoms with Gasteiger partial charge >= 0.3 is 0 Å². The summed E-state index contributed by atoms with van der Waals surface area (Å²) in [6.07, 6.45) is 0. The number of hydrogen-bond acceptors (Lipinski definition) is 8. The molecule has 0 aliphatic heterocycles. The second-order valence-electron chi connectivity index (χ2n) is 5.65. The van der Waals surface area contributed by atoms with Crippen LogP contribution in [0.25, 0.3) is 0 Å². The zero-order chi connectivity index (χ0) is 16.3. The van der Waals surface area contributed by atoms with E-state index in [-0.39, 0.29) is 0 Å². The molecular weight excluding hydrogens is 272 g/mol. The van der Waals surface area contributed by atoms with Crippen LogP contribution in [0.1, 0.15) is 27.7 Å². The number of hydrogen-bond donors (Lipinski definition) is 0. The first-order chi connectivity index (χ1) is 8.77. The van der Waals surface area contributed by atoms with Crippen molar-refractivity contribution in [2.24, 2.45) is 21.7 Å². The highest BCUT2D eigenvalue weighted by Gasteiger charge is 2.82. The topological polar surface area (TPSA) is 161 Å². The minimum Gasteiger partial charge on any atom is -0.549 e. The predicted octanol–water partition coefficient (Wildman–Crippen LogP) is -4.98. The molecule has 8 heteroatoms. The van der Waals surface area contributed by atoms with Crippen molar-refractivity contribution in [1.29, 1.82) is 0 Å². The van der Waals surface area contributed by atoms with E-state index in [1.807, 2.05) is 0 Å². The van der Waals surface area contributed by atoms with Crippen molar-refractivity contribution in [3.63, 3.8) is 0 Å². The summed E-state index contributed by atoms with van der Waals surface area (Å²) in [6, 6.07) is 0. The van der Waals surface area contributed by atoms with Crippen LogP contribution in [0.5, 0.6) is 0 Å². The molecule has 1 rings (SSSR count). The molecule has 0 amide bonds. The van der Waals surface area contributed by atoms with Gasteiger partial charge in [-0.3, -0.25) is 0 Å². The van der Waals surface area contributed by atoms with E-state index in [0.717, 1.165) is 27.7 Å². The van der Waals surface area contributed by atoms with Gasteiger partial charge in [0.2, 0.25) is 0 Å². The Labute approximate surface area is 114 Å². The summed E-state index contributed by atoms with van der Waals surface area (Å²) in [4.78, 5) is 45.4. The molecule has 0 radical (unpaired) electrons. The average Bonchev–Trinajstić information content (AvgIpc) is 2.33. The van der Waals surface area contributed by atoms with Gasteiger partial charge in [-0.2, -0.15) is 0 Å². The van der Waals surface area contributed by atoms with Gasteiger partial charge < -0.3 is 39.6 Å². The van der Waals surface area contributed by atoms with Crippen LogP contribution in [0.2, 0.25) is 0 Å². The first-order valence-electron chi connectivity index (χ1n) is 5.63. The van der Waals surface area contributed by atoms with Crippen LogP contribution < -0.4 is 20.4 Å². The number of rotatable bonds is 4. The van der Waals surface area contributed by atoms with Crippen LogP contribution >= 0.6 is 0 Å². The van der Waals surface area contributed by atoms with Crippen molar-refractivity contribution in [1.82, 2.24) is 0 Å². The van der Waals surface area contributed by atoms with E-state index < -0.39 is 45.5 Å². The van der Waals surface area contributed by atoms with Gasteiger partial charge in [-0.15, -0.1) is 0 Å². The molecule has 1 fully saturated rings. The molecule has 0 saturated heterocycles. The highest BCUT2D eigenvalue weighted by molar-refractivity contribution is 6.03. The summed E-state index contributed by atoms with van der Waals surface area (Å²) in [5, 5.41) is 45.4. The lowest BCUT2D eigenvalue weighted by atomic mass is 9.26. The van der Waals surface area contributed by atoms with Crippen molar-refractivity contribution in [3.8, 4) is 0 Å². The zero-order valence-electron chi connectivity index (χ0n) is 11.3. The molecule has 1 aliphatic rings. The van der Waals surface area contributed by atoms with Crippen molar-refractivity contribution >= 4 is 23.9 Å². The molecule has 0 aromatic rings. The van der Waals surface area contributed by atoms with Crippen LogP contribution in [-0.4, -0.2) is 23.9 Å². The van der Waals surface area contributed by atoms with Crippen molar-refractivity contribution in [2.75, 3.05) is 0 Å². The molecular formula is C12H12O8-4. The van der Waals surface area contributed by atoms with Gasteiger partial charge in [-0.05, 0) is 0 Å². The molecule has 1 aliphatic carbocycles. The molecule has 8 nitrogen and oxygen atoms in total. The minimum absolute atomic E-state index is 0.790. The van der Waals surface area contributed by atoms with Crippen LogP contribution in [0.4, 0.5) is 0 Å². The van der Waals surface area contributed by atoms with Crippen molar-refractivity contribution in [2.45, 2.75) is 27.7 Å². The molecule has 0 aromatic carbocycles. The van der Waals surface area contributed by atoms with Crippen LogP contribution in [0.3, 0.4) is 0 Å². The van der Waals surface area contributed by atoms with E-state index >= 15 is 0 Å². The van der Waals surface area contributed by atoms with E-state index in [9.17, 15) is 39.6 Å². The number of carbonyl (C=O) groups is 4. The molecule has 0 N–H and O–H groups in total. The lowest BCUT2D eigenvalue weighted by Crippen LogP contribution is -2.89. The minimum atomic E-state index is -2.55. The summed E-state index contributed by atoms with van der Waals surface area (Å²) in [5.41, 5.74) is -10.2. The van der Waals surface area contributed by atoms with E-state index in [1.54, 1.807) is 0 Å². The second kappa shape index (κ2) is 3.71. The highest BCUT2D eigenvalue weighted by atomic mass is 16.4. The summed E-state index contributed by atoms with van der Waals surface area (Å²) in [6.45, 7) is 3.16. The van der Waals surface area contributed by atoms with E-state index in [2.05, 4.69) is 0 Å². The zero-order valence-corrected chi connectivity index (χ0v) is 11.3. The third-order valence-electron chi connectivity index (χ3n) is 5.63. The van der Waals surface area contributed by atoms with Gasteiger partial charge in [-0.1, -0.05) is 27.7 Å². The largest absolute Gasteiger partial charge is 0.549 e. The molecule has 1 saturated carbocycles. The fourth-order valence-electron chi connectivity index (χ4n) is 3.57. The molecule has 0 unspecified atom stereocenters. The number of carboxylic acid groups (broad SMARTS) is 4. The van der Waals surface area contributed by atoms with Gasteiger partial charge in [0.05, 0.1) is 0 Å². The van der Waals surface area contributed by atoms with Crippen LogP contribution in [0, 0.1) is 21.7 Å². The van der Waals surface area contributed by atoms with E-state index in [1.165, 1.54) is 0 Å². The molecule has 0 bridgehead atoms. The smallest absolute Gasteiger partial charge is 0.0492 e. The Morgan fingerprint density at radius 1 is 0.500 bits per heavy atom. The summed E-state index contributed by atoms with van der Waals surface area (Å²) >= 11 is 0. The SMILES string of the molecule is CC1(C(=O)[O-])C(C)(C(=O)[O-])C(C)(C(=O)[O-])C1(C)C(=O)[O-]. The lowest BCUT2D eigenvalue weighted by molar-refractivity contribution is -0.427. The normalized spacial score (nSPS) is 43.4. The Bertz CT molecular complexity index is 428. The standard InChI is InChI=1S/C12H16O8/c1-9(5(13)14)10(2,6(15)16)12(4,8(19)20)11(9,3)7(17)18/h1-4H3,(H,13,14)(H,15,16)(H,17,18)(H,19,20)/p-4. The molecule has 0 atom stereocenters. The predicted molar refractivity (Wildman–Crippen MR) is 52.5 cm³/mol. The third-order valence-corrected chi connectivity index (χ3v) is 5.63. The maximum Gasteiger partial charge on any atom is 0.0492 e. The van der Waals surface area contributed by atoms with E-state index in [4.69, 9.17) is 0 Å². The number of carboxylic acids is 4. The van der Waals surface area contributed by atoms with E-state index in [0.29, 0.717) is 0 Å². The summed E-state index contributed by atoms with van der Waals surface area (Å²) in [7, 11) is 0. The Morgan fingerprint density at radius 2 is 0.600 bits per heavy atom. The van der Waals surface area contributed by atoms with Gasteiger partial charge in [0.25, 0.3) is 0 Å². The van der Waals surface area contributed by atoms with Crippen LogP contribution in [-0.2, 0) is 19.2 Å². The summed E-state index contributed by atoms with van der Waals surface area (Å²) < 4.78 is 0. The quantitative estimate of drug-likeness (QED) is 0.495. The van der Waals surface area contributed by atoms with Crippen LogP contribution in [0.15, 0.2) is 0 Å². The van der Waals surface area contributed by atoms with Gasteiger partial charge in [-0.25, -0.2) is 0 Å². The monoisotopic (exact) mass is 284 g/mol. The highest BCUT2D eigenvalue weighted by Crippen LogP contribution is 2.77. The van der Waals surface area contributed by atoms with Gasteiger partial charge in [0.1, 0.15) is 0 Å².